The maximum absolute atomic E-state index is 11.1. The van der Waals surface area contributed by atoms with Crippen LogP contribution < -0.4 is 5.32 Å². The van der Waals surface area contributed by atoms with Crippen molar-refractivity contribution in [1.82, 2.24) is 20.5 Å². The number of nitrogens with one attached hydrogen (secondary N) is 2. The topological polar surface area (TPSA) is 108 Å². The van der Waals surface area contributed by atoms with Crippen molar-refractivity contribution in [2.75, 3.05) is 6.54 Å². The van der Waals surface area contributed by atoms with Gasteiger partial charge in [-0.1, -0.05) is 0 Å². The standard InChI is InChI=1S/C7H7N3O3.C4H5N/c11-6(12)4-8-7(13)5-2-1-3-9-10-5;1-2-4-5-3-1/h1-3H,4H2,(H,8,13)(H,11,12);1-5H. The number of H-pyrrole nitrogens is 1. The predicted octanol–water partition coefficient (Wildman–Crippen LogP) is 0.306. The summed E-state index contributed by atoms with van der Waals surface area (Å²) < 4.78 is 0. The fraction of sp³-hybridized carbons (Fsp3) is 0.0909. The van der Waals surface area contributed by atoms with E-state index in [1.165, 1.54) is 12.3 Å². The molecular formula is C11H12N4O3. The summed E-state index contributed by atoms with van der Waals surface area (Å²) in [5, 5.41) is 17.4. The van der Waals surface area contributed by atoms with E-state index in [0.717, 1.165) is 0 Å². The van der Waals surface area contributed by atoms with E-state index in [2.05, 4.69) is 20.5 Å². The maximum atomic E-state index is 11.1. The third-order valence-corrected chi connectivity index (χ3v) is 1.70. The summed E-state index contributed by atoms with van der Waals surface area (Å²) in [6.07, 6.45) is 5.17. The number of carboxylic acid groups (broad SMARTS) is 1. The van der Waals surface area contributed by atoms with Crippen molar-refractivity contribution in [3.8, 4) is 0 Å². The number of carbonyl (C=O) groups is 2. The molecule has 0 fully saturated rings. The second-order valence-electron chi connectivity index (χ2n) is 3.07. The molecule has 0 aromatic carbocycles. The second kappa shape index (κ2) is 7.55. The van der Waals surface area contributed by atoms with E-state index < -0.39 is 18.4 Å². The zero-order chi connectivity index (χ0) is 13.2. The summed E-state index contributed by atoms with van der Waals surface area (Å²) in [6, 6.07) is 6.88. The molecule has 0 aliphatic carbocycles. The molecule has 0 spiro atoms. The lowest BCUT2D eigenvalue weighted by atomic mass is 10.4. The number of aromatic nitrogens is 3. The molecule has 94 valence electrons. The van der Waals surface area contributed by atoms with Gasteiger partial charge in [0.15, 0.2) is 5.69 Å². The van der Waals surface area contributed by atoms with E-state index in [4.69, 9.17) is 5.11 Å². The highest BCUT2D eigenvalue weighted by molar-refractivity contribution is 5.93. The normalized spacial score (nSPS) is 8.89. The van der Waals surface area contributed by atoms with Crippen LogP contribution in [0.1, 0.15) is 10.5 Å². The number of carboxylic acids is 1. The second-order valence-corrected chi connectivity index (χ2v) is 3.07. The molecule has 18 heavy (non-hydrogen) atoms. The molecule has 2 aromatic rings. The number of carbonyl (C=O) groups excluding carboxylic acids is 1. The average Bonchev–Trinajstić information content (AvgIpc) is 2.96. The van der Waals surface area contributed by atoms with Crippen molar-refractivity contribution in [2.45, 2.75) is 0 Å². The van der Waals surface area contributed by atoms with E-state index in [1.807, 2.05) is 24.5 Å². The van der Waals surface area contributed by atoms with Gasteiger partial charge in [0.05, 0.1) is 0 Å². The van der Waals surface area contributed by atoms with E-state index in [1.54, 1.807) is 6.07 Å². The molecule has 2 aromatic heterocycles. The fourth-order valence-corrected chi connectivity index (χ4v) is 0.947. The minimum absolute atomic E-state index is 0.101. The Balaban J connectivity index is 0.000000269. The van der Waals surface area contributed by atoms with Gasteiger partial charge in [0.25, 0.3) is 5.91 Å². The van der Waals surface area contributed by atoms with Crippen molar-refractivity contribution in [3.05, 3.63) is 48.5 Å². The molecule has 0 aliphatic heterocycles. The van der Waals surface area contributed by atoms with Crippen LogP contribution in [0.3, 0.4) is 0 Å². The number of nitrogens with zero attached hydrogens (tertiary/aromatic N) is 2. The van der Waals surface area contributed by atoms with E-state index in [-0.39, 0.29) is 5.69 Å². The first-order valence-corrected chi connectivity index (χ1v) is 5.05. The quantitative estimate of drug-likeness (QED) is 0.724. The lowest BCUT2D eigenvalue weighted by Gasteiger charge is -1.98. The number of hydrogen-bond donors (Lipinski definition) is 3. The molecule has 7 heteroatoms. The molecule has 0 aliphatic rings. The van der Waals surface area contributed by atoms with Gasteiger partial charge in [-0.25, -0.2) is 0 Å². The molecule has 1 amide bonds. The molecule has 0 bridgehead atoms. The highest BCUT2D eigenvalue weighted by Gasteiger charge is 2.07. The largest absolute Gasteiger partial charge is 0.480 e. The number of amides is 1. The van der Waals surface area contributed by atoms with Crippen LogP contribution in [0.25, 0.3) is 0 Å². The molecule has 2 rings (SSSR count). The van der Waals surface area contributed by atoms with Gasteiger partial charge in [0.2, 0.25) is 0 Å². The van der Waals surface area contributed by atoms with Crippen LogP contribution in [-0.4, -0.2) is 38.7 Å². The summed E-state index contributed by atoms with van der Waals surface area (Å²) in [6.45, 7) is -0.421. The van der Waals surface area contributed by atoms with E-state index >= 15 is 0 Å². The Morgan fingerprint density at radius 3 is 2.44 bits per heavy atom. The van der Waals surface area contributed by atoms with Gasteiger partial charge >= 0.3 is 5.97 Å². The summed E-state index contributed by atoms with van der Waals surface area (Å²) in [5.74, 6) is -1.65. The zero-order valence-corrected chi connectivity index (χ0v) is 9.41. The van der Waals surface area contributed by atoms with Crippen molar-refractivity contribution in [1.29, 1.82) is 0 Å². The Bertz CT molecular complexity index is 453. The Kier molecular flexibility index (Phi) is 5.61. The van der Waals surface area contributed by atoms with Gasteiger partial charge in [-0.05, 0) is 24.3 Å². The third kappa shape index (κ3) is 5.40. The van der Waals surface area contributed by atoms with Gasteiger partial charge in [-0.3, -0.25) is 9.59 Å². The summed E-state index contributed by atoms with van der Waals surface area (Å²) in [7, 11) is 0. The lowest BCUT2D eigenvalue weighted by molar-refractivity contribution is -0.135. The van der Waals surface area contributed by atoms with E-state index in [9.17, 15) is 9.59 Å². The first-order valence-electron chi connectivity index (χ1n) is 5.05. The first kappa shape index (κ1) is 13.4. The van der Waals surface area contributed by atoms with E-state index in [0.29, 0.717) is 0 Å². The van der Waals surface area contributed by atoms with Gasteiger partial charge in [0, 0.05) is 18.6 Å². The monoisotopic (exact) mass is 248 g/mol. The summed E-state index contributed by atoms with van der Waals surface area (Å²) in [5.41, 5.74) is 0.101. The van der Waals surface area contributed by atoms with Crippen molar-refractivity contribution >= 4 is 11.9 Å². The van der Waals surface area contributed by atoms with Crippen LogP contribution >= 0.6 is 0 Å². The average molecular weight is 248 g/mol. The number of aromatic amines is 1. The number of aliphatic carboxylic acids is 1. The van der Waals surface area contributed by atoms with Gasteiger partial charge in [0.1, 0.15) is 6.54 Å². The molecule has 0 saturated carbocycles. The highest BCUT2D eigenvalue weighted by atomic mass is 16.4. The molecule has 7 nitrogen and oxygen atoms in total. The minimum atomic E-state index is -1.10. The molecule has 0 radical (unpaired) electrons. The molecular weight excluding hydrogens is 236 g/mol. The van der Waals surface area contributed by atoms with Crippen LogP contribution in [0.4, 0.5) is 0 Å². The molecule has 0 saturated heterocycles. The van der Waals surface area contributed by atoms with Crippen LogP contribution in [0.5, 0.6) is 0 Å². The van der Waals surface area contributed by atoms with Crippen molar-refractivity contribution < 1.29 is 14.7 Å². The SMILES string of the molecule is O=C(O)CNC(=O)c1cccnn1.c1cc[nH]c1. The number of hydrogen-bond acceptors (Lipinski definition) is 4. The fourth-order valence-electron chi connectivity index (χ4n) is 0.947. The summed E-state index contributed by atoms with van der Waals surface area (Å²) >= 11 is 0. The number of rotatable bonds is 3. The molecule has 0 atom stereocenters. The predicted molar refractivity (Wildman–Crippen MR) is 62.8 cm³/mol. The van der Waals surface area contributed by atoms with Crippen LogP contribution in [-0.2, 0) is 4.79 Å². The van der Waals surface area contributed by atoms with Crippen molar-refractivity contribution in [2.24, 2.45) is 0 Å². The van der Waals surface area contributed by atoms with Crippen LogP contribution in [0.2, 0.25) is 0 Å². The lowest BCUT2D eigenvalue weighted by Crippen LogP contribution is -2.29. The Morgan fingerprint density at radius 1 is 1.28 bits per heavy atom. The van der Waals surface area contributed by atoms with Gasteiger partial charge in [-0.2, -0.15) is 5.10 Å². The van der Waals surface area contributed by atoms with Gasteiger partial charge < -0.3 is 15.4 Å². The molecule has 2 heterocycles. The molecule has 3 N–H and O–H groups in total. The first-order chi connectivity index (χ1) is 8.70. The Morgan fingerprint density at radius 2 is 2.00 bits per heavy atom. The molecule has 0 unspecified atom stereocenters. The maximum Gasteiger partial charge on any atom is 0.322 e. The van der Waals surface area contributed by atoms with Gasteiger partial charge in [-0.15, -0.1) is 5.10 Å². The zero-order valence-electron chi connectivity index (χ0n) is 9.41. The third-order valence-electron chi connectivity index (χ3n) is 1.70. The smallest absolute Gasteiger partial charge is 0.322 e. The van der Waals surface area contributed by atoms with Crippen LogP contribution in [0, 0.1) is 0 Å². The minimum Gasteiger partial charge on any atom is -0.480 e. The highest BCUT2D eigenvalue weighted by Crippen LogP contribution is 1.89. The Labute approximate surface area is 103 Å². The van der Waals surface area contributed by atoms with Crippen LogP contribution in [0.15, 0.2) is 42.9 Å². The Hall–Kier alpha value is -2.70. The van der Waals surface area contributed by atoms with Crippen molar-refractivity contribution in [3.63, 3.8) is 0 Å². The summed E-state index contributed by atoms with van der Waals surface area (Å²) in [4.78, 5) is 24.0.